The van der Waals surface area contributed by atoms with Crippen molar-refractivity contribution in [2.45, 2.75) is 20.0 Å². The Kier molecular flexibility index (Phi) is 9.84. The lowest BCUT2D eigenvalue weighted by molar-refractivity contribution is -0.125. The van der Waals surface area contributed by atoms with Gasteiger partial charge in [0.05, 0.1) is 11.4 Å². The second kappa shape index (κ2) is 9.10. The molecule has 5 nitrogen and oxygen atoms in total. The zero-order chi connectivity index (χ0) is 12.1. The van der Waals surface area contributed by atoms with Crippen LogP contribution < -0.4 is 11.1 Å². The van der Waals surface area contributed by atoms with Crippen LogP contribution in [0.4, 0.5) is 5.69 Å². The molecule has 0 saturated heterocycles. The van der Waals surface area contributed by atoms with E-state index < -0.39 is 6.10 Å². The first kappa shape index (κ1) is 19.5. The molecule has 0 aliphatic heterocycles. The van der Waals surface area contributed by atoms with Crippen molar-refractivity contribution >= 4 is 36.4 Å². The Bertz CT molecular complexity index is 385. The fourth-order valence-electron chi connectivity index (χ4n) is 1.34. The molecule has 0 fully saturated rings. The first-order chi connectivity index (χ1) is 7.58. The first-order valence-corrected chi connectivity index (χ1v) is 5.06. The average molecular weight is 296 g/mol. The standard InChI is InChI=1S/C11H17N3O2.2ClH/c1-7-4-5-9(8(2)13-7)14-11(15)10(6-12)16-3;;/h4-5,10H,6,12H2,1-3H3,(H,14,15);2*1H. The van der Waals surface area contributed by atoms with Crippen molar-refractivity contribution in [2.75, 3.05) is 19.0 Å². The Balaban J connectivity index is 0. The van der Waals surface area contributed by atoms with Crippen LogP contribution in [0.25, 0.3) is 0 Å². The molecular weight excluding hydrogens is 277 g/mol. The molecule has 1 aromatic rings. The topological polar surface area (TPSA) is 77.2 Å². The largest absolute Gasteiger partial charge is 0.370 e. The fraction of sp³-hybridized carbons (Fsp3) is 0.455. The van der Waals surface area contributed by atoms with Crippen molar-refractivity contribution in [1.82, 2.24) is 4.98 Å². The number of hydrogen-bond donors (Lipinski definition) is 2. The number of carbonyl (C=O) groups is 1. The number of aryl methyl sites for hydroxylation is 2. The lowest BCUT2D eigenvalue weighted by atomic mass is 10.2. The Hall–Kier alpha value is -0.880. The minimum Gasteiger partial charge on any atom is -0.370 e. The number of amides is 1. The Morgan fingerprint density at radius 3 is 2.50 bits per heavy atom. The molecule has 1 atom stereocenters. The number of ether oxygens (including phenoxy) is 1. The van der Waals surface area contributed by atoms with Gasteiger partial charge in [0.15, 0.2) is 0 Å². The summed E-state index contributed by atoms with van der Waals surface area (Å²) >= 11 is 0. The number of carbonyl (C=O) groups excluding carboxylic acids is 1. The van der Waals surface area contributed by atoms with Crippen LogP contribution in [0, 0.1) is 13.8 Å². The summed E-state index contributed by atoms with van der Waals surface area (Å²) in [7, 11) is 1.46. The van der Waals surface area contributed by atoms with Gasteiger partial charge in [-0.2, -0.15) is 0 Å². The number of nitrogens with zero attached hydrogens (tertiary/aromatic N) is 1. The molecule has 3 N–H and O–H groups in total. The minimum absolute atomic E-state index is 0. The van der Waals surface area contributed by atoms with Crippen molar-refractivity contribution in [3.63, 3.8) is 0 Å². The number of aromatic nitrogens is 1. The second-order valence-electron chi connectivity index (χ2n) is 3.53. The van der Waals surface area contributed by atoms with Crippen molar-refractivity contribution in [2.24, 2.45) is 5.73 Å². The molecule has 7 heteroatoms. The molecule has 0 spiro atoms. The quantitative estimate of drug-likeness (QED) is 0.881. The number of nitrogens with one attached hydrogen (secondary N) is 1. The molecule has 1 aromatic heterocycles. The number of rotatable bonds is 4. The minimum atomic E-state index is -0.624. The van der Waals surface area contributed by atoms with E-state index in [0.29, 0.717) is 5.69 Å². The summed E-state index contributed by atoms with van der Waals surface area (Å²) in [6, 6.07) is 3.66. The monoisotopic (exact) mass is 295 g/mol. The predicted molar refractivity (Wildman–Crippen MR) is 76.7 cm³/mol. The van der Waals surface area contributed by atoms with Gasteiger partial charge in [-0.3, -0.25) is 9.78 Å². The normalized spacial score (nSPS) is 10.9. The highest BCUT2D eigenvalue weighted by atomic mass is 35.5. The van der Waals surface area contributed by atoms with Gasteiger partial charge in [-0.05, 0) is 26.0 Å². The third-order valence-electron chi connectivity index (χ3n) is 2.27. The van der Waals surface area contributed by atoms with Gasteiger partial charge in [-0.25, -0.2) is 0 Å². The van der Waals surface area contributed by atoms with Crippen LogP contribution in [-0.2, 0) is 9.53 Å². The molecule has 1 heterocycles. The first-order valence-electron chi connectivity index (χ1n) is 5.06. The maximum Gasteiger partial charge on any atom is 0.254 e. The van der Waals surface area contributed by atoms with Crippen LogP contribution in [0.1, 0.15) is 11.4 Å². The van der Waals surface area contributed by atoms with Crippen molar-refractivity contribution in [3.05, 3.63) is 23.5 Å². The maximum atomic E-state index is 11.7. The molecule has 1 unspecified atom stereocenters. The van der Waals surface area contributed by atoms with Crippen molar-refractivity contribution in [3.8, 4) is 0 Å². The summed E-state index contributed by atoms with van der Waals surface area (Å²) in [5.41, 5.74) is 7.78. The van der Waals surface area contributed by atoms with E-state index in [0.717, 1.165) is 11.4 Å². The molecule has 18 heavy (non-hydrogen) atoms. The van der Waals surface area contributed by atoms with E-state index >= 15 is 0 Å². The lowest BCUT2D eigenvalue weighted by Gasteiger charge is -2.14. The Morgan fingerprint density at radius 1 is 1.44 bits per heavy atom. The zero-order valence-corrected chi connectivity index (χ0v) is 12.2. The van der Waals surface area contributed by atoms with Gasteiger partial charge in [0, 0.05) is 19.3 Å². The van der Waals surface area contributed by atoms with Crippen LogP contribution in [-0.4, -0.2) is 30.6 Å². The molecule has 0 aliphatic rings. The van der Waals surface area contributed by atoms with Crippen molar-refractivity contribution in [1.29, 1.82) is 0 Å². The van der Waals surface area contributed by atoms with Crippen molar-refractivity contribution < 1.29 is 9.53 Å². The van der Waals surface area contributed by atoms with Crippen LogP contribution >= 0.6 is 24.8 Å². The molecule has 1 rings (SSSR count). The lowest BCUT2D eigenvalue weighted by Crippen LogP contribution is -2.36. The molecular formula is C11H19Cl2N3O2. The molecule has 104 valence electrons. The van der Waals surface area contributed by atoms with Crippen LogP contribution in [0.15, 0.2) is 12.1 Å². The van der Waals surface area contributed by atoms with Gasteiger partial charge in [0.1, 0.15) is 6.10 Å². The number of methoxy groups -OCH3 is 1. The van der Waals surface area contributed by atoms with Crippen LogP contribution in [0.2, 0.25) is 0 Å². The maximum absolute atomic E-state index is 11.7. The Morgan fingerprint density at radius 2 is 2.06 bits per heavy atom. The molecule has 0 aromatic carbocycles. The van der Waals surface area contributed by atoms with E-state index in [1.54, 1.807) is 0 Å². The highest BCUT2D eigenvalue weighted by molar-refractivity contribution is 5.94. The van der Waals surface area contributed by atoms with Gasteiger partial charge >= 0.3 is 0 Å². The molecule has 0 saturated carbocycles. The summed E-state index contributed by atoms with van der Waals surface area (Å²) in [6.07, 6.45) is -0.624. The molecule has 1 amide bonds. The third-order valence-corrected chi connectivity index (χ3v) is 2.27. The zero-order valence-electron chi connectivity index (χ0n) is 10.6. The van der Waals surface area contributed by atoms with Crippen LogP contribution in [0.5, 0.6) is 0 Å². The van der Waals surface area contributed by atoms with Crippen LogP contribution in [0.3, 0.4) is 0 Å². The average Bonchev–Trinajstić information content (AvgIpc) is 2.24. The smallest absolute Gasteiger partial charge is 0.254 e. The van der Waals surface area contributed by atoms with E-state index in [-0.39, 0.29) is 37.3 Å². The van der Waals surface area contributed by atoms with Gasteiger partial charge < -0.3 is 15.8 Å². The summed E-state index contributed by atoms with van der Waals surface area (Å²) in [6.45, 7) is 3.89. The molecule has 0 radical (unpaired) electrons. The van der Waals surface area contributed by atoms with Gasteiger partial charge in [-0.15, -0.1) is 24.8 Å². The molecule has 0 bridgehead atoms. The molecule has 0 aliphatic carbocycles. The number of hydrogen-bond acceptors (Lipinski definition) is 4. The fourth-order valence-corrected chi connectivity index (χ4v) is 1.34. The van der Waals surface area contributed by atoms with Gasteiger partial charge in [0.2, 0.25) is 0 Å². The highest BCUT2D eigenvalue weighted by Gasteiger charge is 2.16. The number of halogens is 2. The highest BCUT2D eigenvalue weighted by Crippen LogP contribution is 2.12. The summed E-state index contributed by atoms with van der Waals surface area (Å²) in [5, 5.41) is 2.73. The SMILES string of the molecule is COC(CN)C(=O)Nc1ccc(C)nc1C.Cl.Cl. The summed E-state index contributed by atoms with van der Waals surface area (Å²) in [5.74, 6) is -0.251. The van der Waals surface area contributed by atoms with E-state index in [9.17, 15) is 4.79 Å². The second-order valence-corrected chi connectivity index (χ2v) is 3.53. The van der Waals surface area contributed by atoms with E-state index in [1.165, 1.54) is 7.11 Å². The number of pyridine rings is 1. The Labute approximate surface area is 119 Å². The summed E-state index contributed by atoms with van der Waals surface area (Å²) in [4.78, 5) is 15.9. The third kappa shape index (κ3) is 5.18. The van der Waals surface area contributed by atoms with E-state index in [1.807, 2.05) is 26.0 Å². The van der Waals surface area contributed by atoms with E-state index in [4.69, 9.17) is 10.5 Å². The van der Waals surface area contributed by atoms with Gasteiger partial charge in [0.25, 0.3) is 5.91 Å². The summed E-state index contributed by atoms with van der Waals surface area (Å²) < 4.78 is 4.94. The van der Waals surface area contributed by atoms with Gasteiger partial charge in [-0.1, -0.05) is 0 Å². The predicted octanol–water partition coefficient (Wildman–Crippen LogP) is 1.45. The number of anilines is 1. The van der Waals surface area contributed by atoms with E-state index in [2.05, 4.69) is 10.3 Å². The number of nitrogens with two attached hydrogens (primary N) is 1.